The van der Waals surface area contributed by atoms with Crippen molar-refractivity contribution < 1.29 is 8.76 Å². The quantitative estimate of drug-likeness (QED) is 0.601. The van der Waals surface area contributed by atoms with Gasteiger partial charge in [-0.1, -0.05) is 0 Å². The molecule has 0 aromatic heterocycles. The van der Waals surface area contributed by atoms with Crippen LogP contribution in [0, 0.1) is 0 Å². The van der Waals surface area contributed by atoms with Gasteiger partial charge in [-0.2, -0.15) is 12.6 Å². The van der Waals surface area contributed by atoms with Crippen molar-refractivity contribution in [2.24, 2.45) is 0 Å². The maximum absolute atomic E-state index is 11.3. The van der Waals surface area contributed by atoms with E-state index in [0.29, 0.717) is 6.54 Å². The molecule has 4 nitrogen and oxygen atoms in total. The monoisotopic (exact) mass is 322 g/mol. The minimum absolute atomic E-state index is 0.0503. The van der Waals surface area contributed by atoms with E-state index in [1.807, 2.05) is 13.8 Å². The summed E-state index contributed by atoms with van der Waals surface area (Å²) < 4.78 is 20.2. The highest BCUT2D eigenvalue weighted by Crippen LogP contribution is 2.18. The van der Waals surface area contributed by atoms with E-state index in [-0.39, 0.29) is 4.75 Å². The molecule has 1 rings (SSSR count). The van der Waals surface area contributed by atoms with E-state index in [9.17, 15) is 8.76 Å². The second kappa shape index (κ2) is 7.58. The number of hydrogen-bond acceptors (Lipinski definition) is 4. The Balaban J connectivity index is 2.44. The highest BCUT2D eigenvalue weighted by Gasteiger charge is 2.28. The summed E-state index contributed by atoms with van der Waals surface area (Å²) in [6.45, 7) is 13.9. The maximum atomic E-state index is 11.3. The lowest BCUT2D eigenvalue weighted by atomic mass is 10.1. The molecule has 0 bridgehead atoms. The average Bonchev–Trinajstić information content (AvgIpc) is 2.22. The Labute approximate surface area is 132 Å². The molecule has 0 aromatic carbocycles. The summed E-state index contributed by atoms with van der Waals surface area (Å²) in [6.07, 6.45) is 2.22. The lowest BCUT2D eigenvalue weighted by Crippen LogP contribution is -2.46. The Bertz CT molecular complexity index is 320. The van der Waals surface area contributed by atoms with E-state index >= 15 is 0 Å². The van der Waals surface area contributed by atoms with Gasteiger partial charge in [0.05, 0.1) is 4.75 Å². The lowest BCUT2D eigenvalue weighted by molar-refractivity contribution is 0.168. The third kappa shape index (κ3) is 6.89. The molecule has 1 unspecified atom stereocenters. The van der Waals surface area contributed by atoms with E-state index in [2.05, 4.69) is 36.3 Å². The first kappa shape index (κ1) is 18.4. The second-order valence-electron chi connectivity index (χ2n) is 7.08. The second-order valence-corrected chi connectivity index (χ2v) is 9.89. The molecule has 1 N–H and O–H groups in total. The maximum Gasteiger partial charge on any atom is 0.159 e. The van der Waals surface area contributed by atoms with Crippen molar-refractivity contribution in [3.05, 3.63) is 0 Å². The molecule has 1 atom stereocenters. The van der Waals surface area contributed by atoms with E-state index < -0.39 is 15.8 Å². The molecule has 1 heterocycles. The molecule has 1 aliphatic heterocycles. The topological polar surface area (TPSA) is 43.8 Å². The molecule has 0 amide bonds. The van der Waals surface area contributed by atoms with Gasteiger partial charge >= 0.3 is 0 Å². The van der Waals surface area contributed by atoms with Gasteiger partial charge in [0.25, 0.3) is 0 Å². The molecule has 0 aliphatic carbocycles. The van der Waals surface area contributed by atoms with Crippen LogP contribution in [0.5, 0.6) is 0 Å². The van der Waals surface area contributed by atoms with Crippen molar-refractivity contribution >= 4 is 23.7 Å². The summed E-state index contributed by atoms with van der Waals surface area (Å²) in [7, 11) is 0. The summed E-state index contributed by atoms with van der Waals surface area (Å²) in [5.41, 5.74) is 0. The molecule has 20 heavy (non-hydrogen) atoms. The average molecular weight is 323 g/mol. The van der Waals surface area contributed by atoms with E-state index in [4.69, 9.17) is 0 Å². The molecule has 1 saturated heterocycles. The zero-order valence-electron chi connectivity index (χ0n) is 13.3. The summed E-state index contributed by atoms with van der Waals surface area (Å²) in [4.78, 5) is 4.82. The molecular weight excluding hydrogens is 292 g/mol. The largest absolute Gasteiger partial charge is 0.306 e. The molecule has 1 fully saturated rings. The third-order valence-corrected chi connectivity index (χ3v) is 4.80. The molecule has 0 spiro atoms. The molecule has 6 heteroatoms. The first-order valence-corrected chi connectivity index (χ1v) is 8.94. The summed E-state index contributed by atoms with van der Waals surface area (Å²) in [5, 5.41) is 0. The van der Waals surface area contributed by atoms with Crippen LogP contribution < -0.4 is 0 Å². The minimum Gasteiger partial charge on any atom is -0.306 e. The number of thiol groups is 1. The zero-order valence-corrected chi connectivity index (χ0v) is 15.0. The smallest absolute Gasteiger partial charge is 0.159 e. The van der Waals surface area contributed by atoms with Gasteiger partial charge in [0.2, 0.25) is 0 Å². The predicted octanol–water partition coefficient (Wildman–Crippen LogP) is 2.09. The molecular formula is C14H30N2O2S2. The Kier molecular flexibility index (Phi) is 6.99. The fourth-order valence-electron chi connectivity index (χ4n) is 2.72. The minimum atomic E-state index is -1.77. The van der Waals surface area contributed by atoms with Gasteiger partial charge in [0.15, 0.2) is 11.1 Å². The van der Waals surface area contributed by atoms with Crippen LogP contribution in [-0.2, 0) is 11.1 Å². The fraction of sp³-hybridized carbons (Fsp3) is 1.00. The standard InChI is InChI=1S/C14H30N2O2S2/c1-13(2,19)11-15-7-5-9-16(10-6-8-15)12-14(3,4)20(17)18/h19H,5-12H2,1-4H3,(H,17,18). The Morgan fingerprint density at radius 1 is 1.00 bits per heavy atom. The van der Waals surface area contributed by atoms with Gasteiger partial charge < -0.3 is 14.4 Å². The van der Waals surface area contributed by atoms with E-state index in [0.717, 1.165) is 45.6 Å². The van der Waals surface area contributed by atoms with Crippen LogP contribution in [0.25, 0.3) is 0 Å². The Morgan fingerprint density at radius 2 is 1.40 bits per heavy atom. The Morgan fingerprint density at radius 3 is 1.75 bits per heavy atom. The van der Waals surface area contributed by atoms with Crippen molar-refractivity contribution in [3.8, 4) is 0 Å². The van der Waals surface area contributed by atoms with Crippen LogP contribution in [0.4, 0.5) is 0 Å². The fourth-order valence-corrected chi connectivity index (χ4v) is 3.21. The van der Waals surface area contributed by atoms with Crippen molar-refractivity contribution in [2.45, 2.75) is 50.0 Å². The molecule has 1 aliphatic rings. The van der Waals surface area contributed by atoms with E-state index in [1.54, 1.807) is 0 Å². The van der Waals surface area contributed by atoms with Crippen LogP contribution in [0.15, 0.2) is 0 Å². The predicted molar refractivity (Wildman–Crippen MR) is 90.0 cm³/mol. The first-order valence-electron chi connectivity index (χ1n) is 7.38. The summed E-state index contributed by atoms with van der Waals surface area (Å²) in [5.74, 6) is 0. The highest BCUT2D eigenvalue weighted by atomic mass is 32.2. The van der Waals surface area contributed by atoms with E-state index in [1.165, 1.54) is 0 Å². The molecule has 0 aromatic rings. The van der Waals surface area contributed by atoms with Gasteiger partial charge in [-0.3, -0.25) is 0 Å². The van der Waals surface area contributed by atoms with Gasteiger partial charge in [0.1, 0.15) is 0 Å². The lowest BCUT2D eigenvalue weighted by Gasteiger charge is -2.35. The molecule has 0 saturated carbocycles. The van der Waals surface area contributed by atoms with Crippen LogP contribution in [0.3, 0.4) is 0 Å². The Hall–Kier alpha value is 0.380. The van der Waals surface area contributed by atoms with Crippen LogP contribution >= 0.6 is 12.6 Å². The highest BCUT2D eigenvalue weighted by molar-refractivity contribution is 7.81. The normalized spacial score (nSPS) is 22.3. The van der Waals surface area contributed by atoms with Crippen LogP contribution in [-0.4, -0.2) is 67.3 Å². The first-order chi connectivity index (χ1) is 9.10. The van der Waals surface area contributed by atoms with Crippen LogP contribution in [0.1, 0.15) is 40.5 Å². The molecule has 120 valence electrons. The van der Waals surface area contributed by atoms with Crippen molar-refractivity contribution in [3.63, 3.8) is 0 Å². The van der Waals surface area contributed by atoms with Gasteiger partial charge in [-0.15, -0.1) is 0 Å². The SMILES string of the molecule is CC(C)(S)CN1CCCN(CC(C)(C)S(=O)O)CCC1. The van der Waals surface area contributed by atoms with Crippen molar-refractivity contribution in [2.75, 3.05) is 39.3 Å². The van der Waals surface area contributed by atoms with Crippen LogP contribution in [0.2, 0.25) is 0 Å². The van der Waals surface area contributed by atoms with Gasteiger partial charge in [-0.05, 0) is 66.7 Å². The summed E-state index contributed by atoms with van der Waals surface area (Å²) >= 11 is 2.84. The number of nitrogens with zero attached hydrogens (tertiary/aromatic N) is 2. The van der Waals surface area contributed by atoms with Gasteiger partial charge in [-0.25, -0.2) is 4.21 Å². The van der Waals surface area contributed by atoms with Gasteiger partial charge in [0, 0.05) is 17.8 Å². The molecule has 0 radical (unpaired) electrons. The third-order valence-electron chi connectivity index (χ3n) is 3.59. The van der Waals surface area contributed by atoms with Crippen molar-refractivity contribution in [1.82, 2.24) is 9.80 Å². The summed E-state index contributed by atoms with van der Waals surface area (Å²) in [6, 6.07) is 0. The van der Waals surface area contributed by atoms with Crippen molar-refractivity contribution in [1.29, 1.82) is 0 Å². The zero-order chi connectivity index (χ0) is 15.4. The number of rotatable bonds is 5. The number of hydrogen-bond donors (Lipinski definition) is 2.